The summed E-state index contributed by atoms with van der Waals surface area (Å²) in [4.78, 5) is 15.8. The van der Waals surface area contributed by atoms with Crippen molar-refractivity contribution in [3.8, 4) is 0 Å². The lowest BCUT2D eigenvalue weighted by Gasteiger charge is -2.14. The molecule has 21 heavy (non-hydrogen) atoms. The first-order valence-corrected chi connectivity index (χ1v) is 8.22. The monoisotopic (exact) mass is 310 g/mol. The van der Waals surface area contributed by atoms with Crippen LogP contribution in [0, 0.1) is 0 Å². The van der Waals surface area contributed by atoms with Crippen LogP contribution in [0.25, 0.3) is 0 Å². The highest BCUT2D eigenvalue weighted by Gasteiger charge is 2.15. The van der Waals surface area contributed by atoms with Gasteiger partial charge in [-0.2, -0.15) is 11.8 Å². The van der Waals surface area contributed by atoms with Gasteiger partial charge in [0.15, 0.2) is 11.7 Å². The van der Waals surface area contributed by atoms with Crippen LogP contribution in [-0.2, 0) is 0 Å². The first-order chi connectivity index (χ1) is 10.3. The fraction of sp³-hybridized carbons (Fsp3) is 0.571. The number of thioether (sulfide) groups is 1. The Labute approximate surface area is 129 Å². The smallest absolute Gasteiger partial charge is 0.287 e. The highest BCUT2D eigenvalue weighted by Crippen LogP contribution is 2.25. The van der Waals surface area contributed by atoms with Crippen LogP contribution in [0.15, 0.2) is 27.8 Å². The molecule has 1 saturated heterocycles. The van der Waals surface area contributed by atoms with Crippen molar-refractivity contribution in [1.29, 1.82) is 0 Å². The summed E-state index contributed by atoms with van der Waals surface area (Å²) in [5.74, 6) is 2.16. The number of hydrogen-bond donors (Lipinski definition) is 3. The number of rotatable bonds is 6. The molecule has 1 aromatic rings. The molecule has 0 saturated carbocycles. The number of carbonyl (C=O) groups excluding carboxylic acids is 1. The van der Waals surface area contributed by atoms with Gasteiger partial charge in [-0.1, -0.05) is 0 Å². The first-order valence-electron chi connectivity index (χ1n) is 7.17. The molecular formula is C14H22N4O2S. The molecule has 1 unspecified atom stereocenters. The summed E-state index contributed by atoms with van der Waals surface area (Å²) in [6.45, 7) is 2.06. The second kappa shape index (κ2) is 8.61. The average molecular weight is 310 g/mol. The molecule has 0 aromatic carbocycles. The van der Waals surface area contributed by atoms with Crippen LogP contribution in [0.3, 0.4) is 0 Å². The maximum Gasteiger partial charge on any atom is 0.287 e. The van der Waals surface area contributed by atoms with E-state index in [0.29, 0.717) is 24.1 Å². The summed E-state index contributed by atoms with van der Waals surface area (Å²) in [6.07, 6.45) is 4.07. The van der Waals surface area contributed by atoms with Crippen LogP contribution < -0.4 is 16.0 Å². The van der Waals surface area contributed by atoms with E-state index in [9.17, 15) is 4.79 Å². The minimum absolute atomic E-state index is 0.202. The molecule has 1 amide bonds. The van der Waals surface area contributed by atoms with Crippen molar-refractivity contribution in [2.45, 2.75) is 18.1 Å². The van der Waals surface area contributed by atoms with Crippen LogP contribution in [0.2, 0.25) is 0 Å². The van der Waals surface area contributed by atoms with Crippen molar-refractivity contribution in [2.24, 2.45) is 4.99 Å². The van der Waals surface area contributed by atoms with Crippen LogP contribution >= 0.6 is 11.8 Å². The normalized spacial score (nSPS) is 18.5. The van der Waals surface area contributed by atoms with Gasteiger partial charge in [-0.25, -0.2) is 0 Å². The number of nitrogens with one attached hydrogen (secondary N) is 3. The molecule has 0 aliphatic carbocycles. The van der Waals surface area contributed by atoms with Crippen molar-refractivity contribution < 1.29 is 9.21 Å². The standard InChI is InChI=1S/C14H22N4O2S/c1-15-14(18-10-11-4-3-9-21-11)17-7-6-16-13(19)12-5-2-8-20-12/h2,5,8,11H,3-4,6-7,9-10H2,1H3,(H,16,19)(H2,15,17,18). The second-order valence-corrected chi connectivity index (χ2v) is 6.16. The van der Waals surface area contributed by atoms with Gasteiger partial charge >= 0.3 is 0 Å². The Bertz CT molecular complexity index is 456. The fourth-order valence-corrected chi connectivity index (χ4v) is 3.29. The summed E-state index contributed by atoms with van der Waals surface area (Å²) in [5, 5.41) is 9.95. The Morgan fingerprint density at radius 3 is 2.95 bits per heavy atom. The Morgan fingerprint density at radius 1 is 1.43 bits per heavy atom. The van der Waals surface area contributed by atoms with Gasteiger partial charge in [0.05, 0.1) is 6.26 Å². The van der Waals surface area contributed by atoms with E-state index in [1.54, 1.807) is 19.2 Å². The molecule has 7 heteroatoms. The molecule has 2 heterocycles. The van der Waals surface area contributed by atoms with E-state index in [1.165, 1.54) is 24.9 Å². The third kappa shape index (κ3) is 5.34. The van der Waals surface area contributed by atoms with E-state index in [2.05, 4.69) is 20.9 Å². The third-order valence-corrected chi connectivity index (χ3v) is 4.59. The quantitative estimate of drug-likeness (QED) is 0.416. The van der Waals surface area contributed by atoms with Crippen LogP contribution in [0.5, 0.6) is 0 Å². The summed E-state index contributed by atoms with van der Waals surface area (Å²) in [6, 6.07) is 3.34. The van der Waals surface area contributed by atoms with Crippen molar-refractivity contribution in [3.63, 3.8) is 0 Å². The number of carbonyl (C=O) groups is 1. The van der Waals surface area contributed by atoms with E-state index in [0.717, 1.165) is 12.5 Å². The van der Waals surface area contributed by atoms with Crippen LogP contribution in [-0.4, -0.2) is 49.6 Å². The largest absolute Gasteiger partial charge is 0.459 e. The van der Waals surface area contributed by atoms with Crippen LogP contribution in [0.4, 0.5) is 0 Å². The zero-order valence-electron chi connectivity index (χ0n) is 12.2. The summed E-state index contributed by atoms with van der Waals surface area (Å²) < 4.78 is 5.02. The number of furan rings is 1. The lowest BCUT2D eigenvalue weighted by atomic mass is 10.2. The van der Waals surface area contributed by atoms with Gasteiger partial charge in [-0.05, 0) is 30.7 Å². The Hall–Kier alpha value is -1.63. The predicted molar refractivity (Wildman–Crippen MR) is 85.9 cm³/mol. The third-order valence-electron chi connectivity index (χ3n) is 3.19. The van der Waals surface area contributed by atoms with Gasteiger partial charge in [0, 0.05) is 31.9 Å². The van der Waals surface area contributed by atoms with Crippen molar-refractivity contribution >= 4 is 23.6 Å². The predicted octanol–water partition coefficient (Wildman–Crippen LogP) is 1.07. The minimum atomic E-state index is -0.202. The number of hydrogen-bond acceptors (Lipinski definition) is 4. The Balaban J connectivity index is 1.58. The van der Waals surface area contributed by atoms with Gasteiger partial charge < -0.3 is 20.4 Å². The molecule has 2 rings (SSSR count). The molecule has 116 valence electrons. The minimum Gasteiger partial charge on any atom is -0.459 e. The number of guanidine groups is 1. The molecule has 3 N–H and O–H groups in total. The van der Waals surface area contributed by atoms with Gasteiger partial charge in [-0.15, -0.1) is 0 Å². The van der Waals surface area contributed by atoms with Crippen molar-refractivity contribution in [2.75, 3.05) is 32.4 Å². The topological polar surface area (TPSA) is 78.7 Å². The number of aliphatic imine (C=N–C) groups is 1. The molecule has 6 nitrogen and oxygen atoms in total. The number of nitrogens with zero attached hydrogens (tertiary/aromatic N) is 1. The molecule has 0 radical (unpaired) electrons. The maximum atomic E-state index is 11.6. The van der Waals surface area contributed by atoms with E-state index in [4.69, 9.17) is 4.42 Å². The fourth-order valence-electron chi connectivity index (χ4n) is 2.09. The van der Waals surface area contributed by atoms with E-state index < -0.39 is 0 Å². The van der Waals surface area contributed by atoms with E-state index in [-0.39, 0.29) is 5.91 Å². The van der Waals surface area contributed by atoms with E-state index >= 15 is 0 Å². The summed E-state index contributed by atoms with van der Waals surface area (Å²) in [5.41, 5.74) is 0. The zero-order chi connectivity index (χ0) is 14.9. The molecule has 1 fully saturated rings. The highest BCUT2D eigenvalue weighted by molar-refractivity contribution is 8.00. The van der Waals surface area contributed by atoms with Crippen molar-refractivity contribution in [3.05, 3.63) is 24.2 Å². The first kappa shape index (κ1) is 15.8. The molecule has 1 aliphatic rings. The van der Waals surface area contributed by atoms with Gasteiger partial charge in [0.25, 0.3) is 5.91 Å². The van der Waals surface area contributed by atoms with Crippen LogP contribution in [0.1, 0.15) is 23.4 Å². The molecule has 1 aliphatic heterocycles. The summed E-state index contributed by atoms with van der Waals surface area (Å²) in [7, 11) is 1.75. The average Bonchev–Trinajstić information content (AvgIpc) is 3.19. The van der Waals surface area contributed by atoms with Gasteiger partial charge in [0.2, 0.25) is 0 Å². The number of amides is 1. The SMILES string of the molecule is CN=C(NCCNC(=O)c1ccco1)NCC1CCCS1. The highest BCUT2D eigenvalue weighted by atomic mass is 32.2. The molecule has 1 aromatic heterocycles. The summed E-state index contributed by atoms with van der Waals surface area (Å²) >= 11 is 2.01. The molecule has 0 bridgehead atoms. The lowest BCUT2D eigenvalue weighted by molar-refractivity contribution is 0.0926. The molecule has 1 atom stereocenters. The second-order valence-electron chi connectivity index (χ2n) is 4.75. The zero-order valence-corrected chi connectivity index (χ0v) is 13.0. The Morgan fingerprint density at radius 2 is 2.29 bits per heavy atom. The molecule has 0 spiro atoms. The van der Waals surface area contributed by atoms with Gasteiger partial charge in [0.1, 0.15) is 0 Å². The van der Waals surface area contributed by atoms with E-state index in [1.807, 2.05) is 11.8 Å². The lowest BCUT2D eigenvalue weighted by Crippen LogP contribution is -2.43. The molecular weight excluding hydrogens is 288 g/mol. The van der Waals surface area contributed by atoms with Crippen molar-refractivity contribution in [1.82, 2.24) is 16.0 Å². The Kier molecular flexibility index (Phi) is 6.46. The van der Waals surface area contributed by atoms with Gasteiger partial charge in [-0.3, -0.25) is 9.79 Å². The maximum absolute atomic E-state index is 11.6.